The van der Waals surface area contributed by atoms with Gasteiger partial charge in [0.1, 0.15) is 0 Å². The molecule has 5 nitrogen and oxygen atoms in total. The lowest BCUT2D eigenvalue weighted by Crippen LogP contribution is -2.13. The van der Waals surface area contributed by atoms with Gasteiger partial charge in [-0.1, -0.05) is 17.7 Å². The van der Waals surface area contributed by atoms with Crippen molar-refractivity contribution >= 4 is 17.6 Å². The van der Waals surface area contributed by atoms with Crippen LogP contribution in [0.3, 0.4) is 0 Å². The second-order valence-corrected chi connectivity index (χ2v) is 4.76. The van der Waals surface area contributed by atoms with Crippen LogP contribution < -0.4 is 15.2 Å². The molecule has 1 unspecified atom stereocenters. The van der Waals surface area contributed by atoms with Crippen molar-refractivity contribution in [1.29, 1.82) is 0 Å². The van der Waals surface area contributed by atoms with Crippen LogP contribution in [0, 0.1) is 0 Å². The predicted molar refractivity (Wildman–Crippen MR) is 70.9 cm³/mol. The number of nitrogens with two attached hydrogens (primary N) is 1. The van der Waals surface area contributed by atoms with Gasteiger partial charge in [0, 0.05) is 18.9 Å². The summed E-state index contributed by atoms with van der Waals surface area (Å²) in [4.78, 5) is 10.6. The third-order valence-electron chi connectivity index (χ3n) is 2.95. The third-order valence-corrected chi connectivity index (χ3v) is 3.34. The maximum absolute atomic E-state index is 10.6. The highest BCUT2D eigenvalue weighted by Gasteiger charge is 2.20. The molecule has 0 saturated heterocycles. The Morgan fingerprint density at radius 3 is 2.89 bits per heavy atom. The van der Waals surface area contributed by atoms with Gasteiger partial charge in [-0.2, -0.15) is 0 Å². The van der Waals surface area contributed by atoms with Gasteiger partial charge < -0.3 is 20.3 Å². The van der Waals surface area contributed by atoms with Gasteiger partial charge in [-0.3, -0.25) is 4.79 Å². The number of carboxylic acids is 1. The standard InChI is InChI=1S/C13H16ClNO4/c14-12-8(9(15)3-5-11(16)17)2-4-10-13(12)19-7-1-6-18-10/h2,4,9H,1,3,5-7,15H2,(H,16,17). The zero-order valence-electron chi connectivity index (χ0n) is 10.4. The average molecular weight is 286 g/mol. The molecule has 0 spiro atoms. The van der Waals surface area contributed by atoms with E-state index >= 15 is 0 Å². The Balaban J connectivity index is 2.22. The number of hydrogen-bond donors (Lipinski definition) is 2. The number of carbonyl (C=O) groups is 1. The largest absolute Gasteiger partial charge is 0.490 e. The summed E-state index contributed by atoms with van der Waals surface area (Å²) in [5, 5.41) is 9.09. The first-order chi connectivity index (χ1) is 9.09. The lowest BCUT2D eigenvalue weighted by atomic mass is 10.0. The molecule has 0 radical (unpaired) electrons. The number of fused-ring (bicyclic) bond motifs is 1. The quantitative estimate of drug-likeness (QED) is 0.887. The molecule has 1 heterocycles. The SMILES string of the molecule is NC(CCC(=O)O)c1ccc2c(c1Cl)OCCCO2. The monoisotopic (exact) mass is 285 g/mol. The highest BCUT2D eigenvalue weighted by Crippen LogP contribution is 2.41. The van der Waals surface area contributed by atoms with Gasteiger partial charge in [0.2, 0.25) is 0 Å². The van der Waals surface area contributed by atoms with E-state index < -0.39 is 12.0 Å². The smallest absolute Gasteiger partial charge is 0.303 e. The molecule has 0 aliphatic carbocycles. The normalized spacial score (nSPS) is 15.7. The molecule has 6 heteroatoms. The topological polar surface area (TPSA) is 81.8 Å². The molecule has 0 bridgehead atoms. The van der Waals surface area contributed by atoms with Crippen molar-refractivity contribution in [2.45, 2.75) is 25.3 Å². The van der Waals surface area contributed by atoms with Gasteiger partial charge in [-0.25, -0.2) is 0 Å². The van der Waals surface area contributed by atoms with Crippen LogP contribution in [0.2, 0.25) is 5.02 Å². The van der Waals surface area contributed by atoms with Crippen molar-refractivity contribution in [2.75, 3.05) is 13.2 Å². The lowest BCUT2D eigenvalue weighted by Gasteiger charge is -2.16. The Kier molecular flexibility index (Phi) is 4.50. The van der Waals surface area contributed by atoms with Gasteiger partial charge in [0.25, 0.3) is 0 Å². The van der Waals surface area contributed by atoms with Crippen LogP contribution in [0.4, 0.5) is 0 Å². The van der Waals surface area contributed by atoms with Crippen LogP contribution in [-0.2, 0) is 4.79 Å². The Morgan fingerprint density at radius 1 is 1.42 bits per heavy atom. The minimum atomic E-state index is -0.874. The van der Waals surface area contributed by atoms with Crippen molar-refractivity contribution in [3.8, 4) is 11.5 Å². The van der Waals surface area contributed by atoms with Crippen molar-refractivity contribution in [3.63, 3.8) is 0 Å². The molecule has 1 aromatic carbocycles. The van der Waals surface area contributed by atoms with Gasteiger partial charge in [0.15, 0.2) is 11.5 Å². The molecule has 0 saturated carbocycles. The van der Waals surface area contributed by atoms with E-state index in [1.54, 1.807) is 12.1 Å². The molecule has 1 atom stereocenters. The zero-order chi connectivity index (χ0) is 13.8. The van der Waals surface area contributed by atoms with Crippen molar-refractivity contribution in [2.24, 2.45) is 5.73 Å². The second kappa shape index (κ2) is 6.12. The number of ether oxygens (including phenoxy) is 2. The molecule has 1 aliphatic rings. The van der Waals surface area contributed by atoms with Crippen LogP contribution in [0.5, 0.6) is 11.5 Å². The van der Waals surface area contributed by atoms with Crippen molar-refractivity contribution in [3.05, 3.63) is 22.7 Å². The fraction of sp³-hybridized carbons (Fsp3) is 0.462. The molecule has 0 amide bonds. The highest BCUT2D eigenvalue weighted by molar-refractivity contribution is 6.33. The third kappa shape index (κ3) is 3.30. The first-order valence-corrected chi connectivity index (χ1v) is 6.52. The molecular formula is C13H16ClNO4. The molecule has 1 aromatic rings. The fourth-order valence-electron chi connectivity index (χ4n) is 1.94. The predicted octanol–water partition coefficient (Wildman–Crippen LogP) is 2.37. The Bertz CT molecular complexity index is 478. The van der Waals surface area contributed by atoms with Crippen molar-refractivity contribution in [1.82, 2.24) is 0 Å². The van der Waals surface area contributed by atoms with Crippen LogP contribution in [0.1, 0.15) is 30.9 Å². The molecule has 1 aliphatic heterocycles. The average Bonchev–Trinajstić information content (AvgIpc) is 2.62. The Labute approximate surface area is 116 Å². The summed E-state index contributed by atoms with van der Waals surface area (Å²) in [5.74, 6) is 0.236. The summed E-state index contributed by atoms with van der Waals surface area (Å²) in [7, 11) is 0. The number of halogens is 1. The molecular weight excluding hydrogens is 270 g/mol. The van der Waals surface area contributed by atoms with Gasteiger partial charge in [-0.05, 0) is 18.1 Å². The first-order valence-electron chi connectivity index (χ1n) is 6.15. The summed E-state index contributed by atoms with van der Waals surface area (Å²) in [6.45, 7) is 1.13. The molecule has 19 heavy (non-hydrogen) atoms. The summed E-state index contributed by atoms with van der Waals surface area (Å²) >= 11 is 6.28. The van der Waals surface area contributed by atoms with Crippen LogP contribution in [0.15, 0.2) is 12.1 Å². The molecule has 0 aromatic heterocycles. The second-order valence-electron chi connectivity index (χ2n) is 4.39. The number of rotatable bonds is 4. The van der Waals surface area contributed by atoms with E-state index in [1.807, 2.05) is 0 Å². The minimum Gasteiger partial charge on any atom is -0.490 e. The van der Waals surface area contributed by atoms with Crippen molar-refractivity contribution < 1.29 is 19.4 Å². The minimum absolute atomic E-state index is 0.00589. The van der Waals surface area contributed by atoms with E-state index in [0.29, 0.717) is 41.7 Å². The molecule has 104 valence electrons. The Hall–Kier alpha value is -1.46. The van der Waals surface area contributed by atoms with E-state index in [0.717, 1.165) is 6.42 Å². The molecule has 2 rings (SSSR count). The number of hydrogen-bond acceptors (Lipinski definition) is 4. The van der Waals surface area contributed by atoms with Crippen LogP contribution in [0.25, 0.3) is 0 Å². The van der Waals surface area contributed by atoms with Crippen LogP contribution in [-0.4, -0.2) is 24.3 Å². The fourth-order valence-corrected chi connectivity index (χ4v) is 2.29. The number of carboxylic acid groups (broad SMARTS) is 1. The zero-order valence-corrected chi connectivity index (χ0v) is 11.2. The maximum Gasteiger partial charge on any atom is 0.303 e. The van der Waals surface area contributed by atoms with Gasteiger partial charge in [-0.15, -0.1) is 0 Å². The highest BCUT2D eigenvalue weighted by atomic mass is 35.5. The maximum atomic E-state index is 10.6. The summed E-state index contributed by atoms with van der Waals surface area (Å²) in [6, 6.07) is 3.10. The van der Waals surface area contributed by atoms with E-state index in [4.69, 9.17) is 31.9 Å². The summed E-state index contributed by atoms with van der Waals surface area (Å²) in [6.07, 6.45) is 1.13. The molecule has 0 fully saturated rings. The van der Waals surface area contributed by atoms with E-state index in [-0.39, 0.29) is 6.42 Å². The number of aliphatic carboxylic acids is 1. The summed E-state index contributed by atoms with van der Waals surface area (Å²) in [5.41, 5.74) is 6.66. The summed E-state index contributed by atoms with van der Waals surface area (Å²) < 4.78 is 11.1. The lowest BCUT2D eigenvalue weighted by molar-refractivity contribution is -0.137. The van der Waals surface area contributed by atoms with E-state index in [9.17, 15) is 4.79 Å². The number of benzene rings is 1. The van der Waals surface area contributed by atoms with Gasteiger partial charge >= 0.3 is 5.97 Å². The first kappa shape index (κ1) is 14.0. The van der Waals surface area contributed by atoms with Gasteiger partial charge in [0.05, 0.1) is 18.2 Å². The molecule has 3 N–H and O–H groups in total. The Morgan fingerprint density at radius 2 is 2.16 bits per heavy atom. The van der Waals surface area contributed by atoms with E-state index in [2.05, 4.69) is 0 Å². The van der Waals surface area contributed by atoms with E-state index in [1.165, 1.54) is 0 Å². The van der Waals surface area contributed by atoms with Crippen LogP contribution >= 0.6 is 11.6 Å².